The zero-order chi connectivity index (χ0) is 18.0. The monoisotopic (exact) mass is 386 g/mol. The second kappa shape index (κ2) is 7.51. The zero-order valence-corrected chi connectivity index (χ0v) is 15.9. The van der Waals surface area contributed by atoms with Crippen molar-refractivity contribution in [3.05, 3.63) is 28.8 Å². The highest BCUT2D eigenvalue weighted by molar-refractivity contribution is 7.91. The van der Waals surface area contributed by atoms with Gasteiger partial charge in [-0.15, -0.1) is 0 Å². The van der Waals surface area contributed by atoms with Gasteiger partial charge in [0.1, 0.15) is 5.75 Å². The first-order valence-corrected chi connectivity index (χ1v) is 10.7. The number of carbonyl (C=O) groups excluding carboxylic acids is 1. The average molecular weight is 387 g/mol. The summed E-state index contributed by atoms with van der Waals surface area (Å²) in [5.41, 5.74) is 1.02. The molecule has 2 fully saturated rings. The number of carbonyl (C=O) groups is 1. The van der Waals surface area contributed by atoms with Crippen molar-refractivity contribution in [3.63, 3.8) is 0 Å². The lowest BCUT2D eigenvalue weighted by Crippen LogP contribution is -2.53. The summed E-state index contributed by atoms with van der Waals surface area (Å²) < 4.78 is 28.8. The molecule has 1 aromatic rings. The minimum atomic E-state index is -2.88. The Morgan fingerprint density at radius 3 is 2.64 bits per heavy atom. The predicted octanol–water partition coefficient (Wildman–Crippen LogP) is 1.36. The number of amides is 1. The summed E-state index contributed by atoms with van der Waals surface area (Å²) in [6.07, 6.45) is 0.700. The van der Waals surface area contributed by atoms with E-state index in [-0.39, 0.29) is 30.1 Å². The molecule has 1 aromatic carbocycles. The van der Waals surface area contributed by atoms with Gasteiger partial charge >= 0.3 is 0 Å². The highest BCUT2D eigenvalue weighted by atomic mass is 35.5. The summed E-state index contributed by atoms with van der Waals surface area (Å²) in [6.45, 7) is 4.50. The summed E-state index contributed by atoms with van der Waals surface area (Å²) in [4.78, 5) is 16.3. The Labute approximate surface area is 153 Å². The van der Waals surface area contributed by atoms with Crippen molar-refractivity contribution >= 4 is 27.3 Å². The normalized spacial score (nSPS) is 23.6. The van der Waals surface area contributed by atoms with Gasteiger partial charge in [0, 0.05) is 32.2 Å². The SMILES string of the molecule is Cc1ccc(Cl)c(OCC(=O)N2CCN([C@@H]3CCS(=O)(=O)C3)CC2)c1. The standard InChI is InChI=1S/C17H23ClN2O4S/c1-13-2-3-15(18)16(10-13)24-11-17(21)20-7-5-19(6-8-20)14-4-9-25(22,23)12-14/h2-3,10,14H,4-9,11-12H2,1H3/t14-/m1/s1. The first kappa shape index (κ1) is 18.5. The minimum Gasteiger partial charge on any atom is -0.482 e. The number of nitrogens with zero attached hydrogens (tertiary/aromatic N) is 2. The van der Waals surface area contributed by atoms with Crippen LogP contribution in [-0.4, -0.2) is 74.5 Å². The molecular formula is C17H23ClN2O4S. The van der Waals surface area contributed by atoms with E-state index >= 15 is 0 Å². The van der Waals surface area contributed by atoms with Crippen molar-refractivity contribution in [2.45, 2.75) is 19.4 Å². The lowest BCUT2D eigenvalue weighted by Gasteiger charge is -2.37. The van der Waals surface area contributed by atoms with Crippen LogP contribution in [0.3, 0.4) is 0 Å². The van der Waals surface area contributed by atoms with E-state index in [0.29, 0.717) is 43.4 Å². The molecule has 0 unspecified atom stereocenters. The van der Waals surface area contributed by atoms with Crippen LogP contribution in [0.5, 0.6) is 5.75 Å². The van der Waals surface area contributed by atoms with Crippen molar-refractivity contribution in [2.75, 3.05) is 44.3 Å². The van der Waals surface area contributed by atoms with E-state index in [0.717, 1.165) is 5.56 Å². The Morgan fingerprint density at radius 1 is 1.28 bits per heavy atom. The highest BCUT2D eigenvalue weighted by Gasteiger charge is 2.34. The fraction of sp³-hybridized carbons (Fsp3) is 0.588. The molecule has 0 saturated carbocycles. The number of ether oxygens (including phenoxy) is 1. The number of hydrogen-bond acceptors (Lipinski definition) is 5. The van der Waals surface area contributed by atoms with E-state index in [1.54, 1.807) is 11.0 Å². The van der Waals surface area contributed by atoms with Crippen LogP contribution in [0.1, 0.15) is 12.0 Å². The highest BCUT2D eigenvalue weighted by Crippen LogP contribution is 2.25. The molecular weight excluding hydrogens is 364 g/mol. The quantitative estimate of drug-likeness (QED) is 0.781. The molecule has 25 heavy (non-hydrogen) atoms. The summed E-state index contributed by atoms with van der Waals surface area (Å²) in [6, 6.07) is 5.56. The number of piperazine rings is 1. The fourth-order valence-corrected chi connectivity index (χ4v) is 5.29. The van der Waals surface area contributed by atoms with E-state index in [1.807, 2.05) is 19.1 Å². The summed E-state index contributed by atoms with van der Waals surface area (Å²) in [5.74, 6) is 0.971. The Morgan fingerprint density at radius 2 is 2.00 bits per heavy atom. The van der Waals surface area contributed by atoms with Gasteiger partial charge in [0.05, 0.1) is 16.5 Å². The zero-order valence-electron chi connectivity index (χ0n) is 14.3. The lowest BCUT2D eigenvalue weighted by molar-refractivity contribution is -0.135. The summed E-state index contributed by atoms with van der Waals surface area (Å²) in [5, 5.41) is 0.491. The molecule has 0 N–H and O–H groups in total. The molecule has 0 spiro atoms. The Kier molecular flexibility index (Phi) is 5.55. The Hall–Kier alpha value is -1.31. The average Bonchev–Trinajstić information content (AvgIpc) is 2.95. The van der Waals surface area contributed by atoms with Crippen LogP contribution in [0.15, 0.2) is 18.2 Å². The third-order valence-corrected chi connectivity index (χ3v) is 6.89. The van der Waals surface area contributed by atoms with Crippen LogP contribution in [0.4, 0.5) is 0 Å². The third kappa shape index (κ3) is 4.65. The summed E-state index contributed by atoms with van der Waals surface area (Å²) >= 11 is 6.07. The molecule has 138 valence electrons. The molecule has 0 aliphatic carbocycles. The maximum Gasteiger partial charge on any atom is 0.260 e. The Bertz CT molecular complexity index is 745. The maximum atomic E-state index is 12.3. The topological polar surface area (TPSA) is 66.9 Å². The van der Waals surface area contributed by atoms with E-state index in [4.69, 9.17) is 16.3 Å². The molecule has 2 saturated heterocycles. The van der Waals surface area contributed by atoms with Crippen molar-refractivity contribution in [1.29, 1.82) is 0 Å². The smallest absolute Gasteiger partial charge is 0.260 e. The predicted molar refractivity (Wildman–Crippen MR) is 96.9 cm³/mol. The number of benzene rings is 1. The molecule has 0 aromatic heterocycles. The van der Waals surface area contributed by atoms with E-state index in [2.05, 4.69) is 4.90 Å². The van der Waals surface area contributed by atoms with Crippen molar-refractivity contribution < 1.29 is 17.9 Å². The van der Waals surface area contributed by atoms with Crippen molar-refractivity contribution in [3.8, 4) is 5.75 Å². The van der Waals surface area contributed by atoms with Crippen molar-refractivity contribution in [2.24, 2.45) is 0 Å². The number of aryl methyl sites for hydroxylation is 1. The molecule has 0 bridgehead atoms. The van der Waals surface area contributed by atoms with Crippen LogP contribution < -0.4 is 4.74 Å². The van der Waals surface area contributed by atoms with Crippen molar-refractivity contribution in [1.82, 2.24) is 9.80 Å². The molecule has 2 aliphatic rings. The van der Waals surface area contributed by atoms with Gasteiger partial charge in [0.15, 0.2) is 16.4 Å². The first-order chi connectivity index (χ1) is 11.8. The number of rotatable bonds is 4. The van der Waals surface area contributed by atoms with Gasteiger partial charge in [0.2, 0.25) is 0 Å². The molecule has 0 radical (unpaired) electrons. The lowest BCUT2D eigenvalue weighted by atomic mass is 10.2. The molecule has 2 heterocycles. The maximum absolute atomic E-state index is 12.3. The number of hydrogen-bond donors (Lipinski definition) is 0. The second-order valence-corrected chi connectivity index (χ2v) is 9.33. The van der Waals surface area contributed by atoms with Crippen LogP contribution in [0.2, 0.25) is 5.02 Å². The van der Waals surface area contributed by atoms with Gasteiger partial charge in [-0.2, -0.15) is 0 Å². The van der Waals surface area contributed by atoms with Gasteiger partial charge in [0.25, 0.3) is 5.91 Å². The minimum absolute atomic E-state index is 0.0407. The Balaban J connectivity index is 1.48. The van der Waals surface area contributed by atoms with Crippen LogP contribution in [0.25, 0.3) is 0 Å². The molecule has 6 nitrogen and oxygen atoms in total. The van der Waals surface area contributed by atoms with E-state index in [9.17, 15) is 13.2 Å². The largest absolute Gasteiger partial charge is 0.482 e. The first-order valence-electron chi connectivity index (χ1n) is 8.45. The number of halogens is 1. The van der Waals surface area contributed by atoms with Gasteiger partial charge < -0.3 is 9.64 Å². The fourth-order valence-electron chi connectivity index (χ4n) is 3.35. The molecule has 1 amide bonds. The molecule has 3 rings (SSSR count). The van der Waals surface area contributed by atoms with Gasteiger partial charge in [-0.1, -0.05) is 17.7 Å². The van der Waals surface area contributed by atoms with Crippen LogP contribution in [-0.2, 0) is 14.6 Å². The van der Waals surface area contributed by atoms with E-state index < -0.39 is 9.84 Å². The van der Waals surface area contributed by atoms with Crippen LogP contribution in [0, 0.1) is 6.92 Å². The van der Waals surface area contributed by atoms with Gasteiger partial charge in [-0.25, -0.2) is 8.42 Å². The third-order valence-electron chi connectivity index (χ3n) is 4.83. The second-order valence-electron chi connectivity index (χ2n) is 6.70. The molecule has 1 atom stereocenters. The van der Waals surface area contributed by atoms with Gasteiger partial charge in [-0.05, 0) is 31.0 Å². The molecule has 8 heteroatoms. The number of sulfone groups is 1. The van der Waals surface area contributed by atoms with E-state index in [1.165, 1.54) is 0 Å². The van der Waals surface area contributed by atoms with Gasteiger partial charge in [-0.3, -0.25) is 9.69 Å². The summed E-state index contributed by atoms with van der Waals surface area (Å²) in [7, 11) is -2.88. The molecule has 2 aliphatic heterocycles. The van der Waals surface area contributed by atoms with Crippen LogP contribution >= 0.6 is 11.6 Å².